The van der Waals surface area contributed by atoms with Crippen LogP contribution in [0.15, 0.2) is 54.7 Å². The van der Waals surface area contributed by atoms with Gasteiger partial charge >= 0.3 is 0 Å². The highest BCUT2D eigenvalue weighted by molar-refractivity contribution is 5.72. The first kappa shape index (κ1) is 15.7. The van der Waals surface area contributed by atoms with Gasteiger partial charge in [0.15, 0.2) is 6.10 Å². The predicted octanol–water partition coefficient (Wildman–Crippen LogP) is 4.30. The first-order chi connectivity index (χ1) is 12.2. The number of nitrogens with zero attached hydrogens (tertiary/aromatic N) is 2. The number of hydrogen-bond acceptors (Lipinski definition) is 2. The molecule has 0 spiro atoms. The Morgan fingerprint density at radius 1 is 1.04 bits per heavy atom. The Balaban J connectivity index is 1.63. The van der Waals surface area contributed by atoms with Gasteiger partial charge < -0.3 is 5.11 Å². The summed E-state index contributed by atoms with van der Waals surface area (Å²) in [6.45, 7) is 0. The number of terminal acetylenes is 1. The average Bonchev–Trinajstić information content (AvgIpc) is 3.44. The smallest absolute Gasteiger partial charge is 0.156 e. The minimum Gasteiger partial charge on any atom is -0.374 e. The van der Waals surface area contributed by atoms with Crippen LogP contribution in [0.25, 0.3) is 22.3 Å². The van der Waals surface area contributed by atoms with Gasteiger partial charge in [-0.15, -0.1) is 6.42 Å². The fourth-order valence-electron chi connectivity index (χ4n) is 3.28. The van der Waals surface area contributed by atoms with Crippen molar-refractivity contribution in [1.82, 2.24) is 9.78 Å². The van der Waals surface area contributed by atoms with Gasteiger partial charge in [0, 0.05) is 12.6 Å². The molecule has 1 atom stereocenters. The molecule has 25 heavy (non-hydrogen) atoms. The summed E-state index contributed by atoms with van der Waals surface area (Å²) in [6, 6.07) is 17.2. The third-order valence-corrected chi connectivity index (χ3v) is 4.89. The van der Waals surface area contributed by atoms with E-state index in [4.69, 9.17) is 6.42 Å². The van der Waals surface area contributed by atoms with Crippen LogP contribution in [0.4, 0.5) is 0 Å². The molecule has 3 aromatic rings. The Hall–Kier alpha value is -2.83. The number of rotatable bonds is 4. The molecule has 1 unspecified atom stereocenters. The highest BCUT2D eigenvalue weighted by atomic mass is 16.3. The molecule has 1 fully saturated rings. The van der Waals surface area contributed by atoms with Crippen LogP contribution < -0.4 is 0 Å². The van der Waals surface area contributed by atoms with E-state index in [9.17, 15) is 5.11 Å². The van der Waals surface area contributed by atoms with Crippen molar-refractivity contribution in [3.8, 4) is 34.6 Å². The monoisotopic (exact) mass is 328 g/mol. The molecule has 0 amide bonds. The van der Waals surface area contributed by atoms with Crippen LogP contribution in [0.2, 0.25) is 0 Å². The molecule has 0 bridgehead atoms. The van der Waals surface area contributed by atoms with Crippen LogP contribution in [-0.2, 0) is 7.05 Å². The number of aliphatic hydroxyl groups is 1. The van der Waals surface area contributed by atoms with Gasteiger partial charge in [-0.05, 0) is 41.0 Å². The SMILES string of the molecule is C#CC(O)c1c(-c2ccc(-c3ccc(C4CC4)cc3)cc2)cnn1C. The van der Waals surface area contributed by atoms with Crippen molar-refractivity contribution < 1.29 is 5.11 Å². The van der Waals surface area contributed by atoms with Gasteiger partial charge in [-0.1, -0.05) is 54.5 Å². The van der Waals surface area contributed by atoms with Gasteiger partial charge in [-0.25, -0.2) is 0 Å². The molecule has 1 saturated carbocycles. The maximum Gasteiger partial charge on any atom is 0.156 e. The predicted molar refractivity (Wildman–Crippen MR) is 99.8 cm³/mol. The van der Waals surface area contributed by atoms with E-state index in [-0.39, 0.29) is 0 Å². The molecule has 0 saturated heterocycles. The Bertz CT molecular complexity index is 926. The first-order valence-corrected chi connectivity index (χ1v) is 8.54. The maximum atomic E-state index is 10.1. The van der Waals surface area contributed by atoms with E-state index < -0.39 is 6.10 Å². The van der Waals surface area contributed by atoms with Gasteiger partial charge in [0.05, 0.1) is 11.9 Å². The Kier molecular flexibility index (Phi) is 3.91. The van der Waals surface area contributed by atoms with Crippen molar-refractivity contribution in [2.45, 2.75) is 24.9 Å². The third kappa shape index (κ3) is 2.97. The second kappa shape index (κ2) is 6.23. The van der Waals surface area contributed by atoms with Crippen LogP contribution >= 0.6 is 0 Å². The summed E-state index contributed by atoms with van der Waals surface area (Å²) < 4.78 is 1.63. The molecule has 0 aliphatic heterocycles. The lowest BCUT2D eigenvalue weighted by atomic mass is 9.98. The zero-order valence-corrected chi connectivity index (χ0v) is 14.2. The molecule has 124 valence electrons. The fraction of sp³-hybridized carbons (Fsp3) is 0.227. The molecule has 1 heterocycles. The molecule has 1 aromatic heterocycles. The molecule has 1 aliphatic rings. The average molecular weight is 328 g/mol. The van der Waals surface area contributed by atoms with Crippen LogP contribution in [0.5, 0.6) is 0 Å². The van der Waals surface area contributed by atoms with Gasteiger partial charge in [0.2, 0.25) is 0 Å². The van der Waals surface area contributed by atoms with E-state index in [1.165, 1.54) is 29.5 Å². The van der Waals surface area contributed by atoms with E-state index in [0.717, 1.165) is 17.0 Å². The molecule has 3 nitrogen and oxygen atoms in total. The highest BCUT2D eigenvalue weighted by Crippen LogP contribution is 2.40. The molecule has 1 N–H and O–H groups in total. The summed E-state index contributed by atoms with van der Waals surface area (Å²) >= 11 is 0. The summed E-state index contributed by atoms with van der Waals surface area (Å²) in [5, 5.41) is 14.3. The van der Waals surface area contributed by atoms with E-state index in [1.807, 2.05) is 12.1 Å². The van der Waals surface area contributed by atoms with Crippen molar-refractivity contribution in [2.75, 3.05) is 0 Å². The minimum absolute atomic E-state index is 0.643. The molecule has 3 heteroatoms. The number of aliphatic hydroxyl groups excluding tert-OH is 1. The molecule has 4 rings (SSSR count). The summed E-state index contributed by atoms with van der Waals surface area (Å²) in [5.74, 6) is 3.15. The van der Waals surface area contributed by atoms with Gasteiger partial charge in [0.25, 0.3) is 0 Å². The van der Waals surface area contributed by atoms with Crippen LogP contribution in [0, 0.1) is 12.3 Å². The van der Waals surface area contributed by atoms with Crippen molar-refractivity contribution in [1.29, 1.82) is 0 Å². The van der Waals surface area contributed by atoms with Crippen molar-refractivity contribution in [2.24, 2.45) is 7.05 Å². The lowest BCUT2D eigenvalue weighted by molar-refractivity contribution is 0.228. The largest absolute Gasteiger partial charge is 0.374 e. The standard InChI is InChI=1S/C22H20N2O/c1-3-21(25)22-20(14-23-24(22)2)19-12-10-18(11-13-19)17-8-6-16(7-9-17)15-4-5-15/h1,6-15,21,25H,4-5H2,2H3. The van der Waals surface area contributed by atoms with Crippen LogP contribution in [-0.4, -0.2) is 14.9 Å². The van der Waals surface area contributed by atoms with Crippen LogP contribution in [0.3, 0.4) is 0 Å². The number of aromatic nitrogens is 2. The fourth-order valence-corrected chi connectivity index (χ4v) is 3.28. The molecular weight excluding hydrogens is 308 g/mol. The summed E-state index contributed by atoms with van der Waals surface area (Å²) in [4.78, 5) is 0. The zero-order chi connectivity index (χ0) is 17.4. The lowest BCUT2D eigenvalue weighted by Crippen LogP contribution is -2.04. The second-order valence-corrected chi connectivity index (χ2v) is 6.61. The number of hydrogen-bond donors (Lipinski definition) is 1. The minimum atomic E-state index is -0.961. The Morgan fingerprint density at radius 3 is 2.16 bits per heavy atom. The van der Waals surface area contributed by atoms with Crippen molar-refractivity contribution in [3.63, 3.8) is 0 Å². The number of aryl methyl sites for hydroxylation is 1. The van der Waals surface area contributed by atoms with Crippen LogP contribution in [0.1, 0.15) is 36.1 Å². The molecule has 0 radical (unpaired) electrons. The summed E-state index contributed by atoms with van der Waals surface area (Å²) in [6.07, 6.45) is 8.81. The lowest BCUT2D eigenvalue weighted by Gasteiger charge is -2.09. The van der Waals surface area contributed by atoms with Crippen molar-refractivity contribution in [3.05, 3.63) is 66.0 Å². The Morgan fingerprint density at radius 2 is 1.60 bits per heavy atom. The molecule has 2 aromatic carbocycles. The van der Waals surface area contributed by atoms with E-state index in [1.54, 1.807) is 17.9 Å². The van der Waals surface area contributed by atoms with E-state index in [2.05, 4.69) is 47.4 Å². The number of benzene rings is 2. The molecule has 1 aliphatic carbocycles. The maximum absolute atomic E-state index is 10.1. The Labute approximate surface area is 147 Å². The van der Waals surface area contributed by atoms with Gasteiger partial charge in [0.1, 0.15) is 0 Å². The van der Waals surface area contributed by atoms with Gasteiger partial charge in [-0.2, -0.15) is 5.10 Å². The first-order valence-electron chi connectivity index (χ1n) is 8.54. The second-order valence-electron chi connectivity index (χ2n) is 6.61. The van der Waals surface area contributed by atoms with E-state index >= 15 is 0 Å². The van der Waals surface area contributed by atoms with Gasteiger partial charge in [-0.3, -0.25) is 4.68 Å². The summed E-state index contributed by atoms with van der Waals surface area (Å²) in [7, 11) is 1.79. The summed E-state index contributed by atoms with van der Waals surface area (Å²) in [5.41, 5.74) is 6.34. The third-order valence-electron chi connectivity index (χ3n) is 4.89. The highest BCUT2D eigenvalue weighted by Gasteiger charge is 2.23. The quantitative estimate of drug-likeness (QED) is 0.725. The normalized spacial score (nSPS) is 14.9. The van der Waals surface area contributed by atoms with Crippen molar-refractivity contribution >= 4 is 0 Å². The topological polar surface area (TPSA) is 38.1 Å². The van der Waals surface area contributed by atoms with E-state index in [0.29, 0.717) is 5.69 Å². The zero-order valence-electron chi connectivity index (χ0n) is 14.2. The molecular formula is C22H20N2O.